The van der Waals surface area contributed by atoms with E-state index >= 15 is 0 Å². The Hall–Kier alpha value is -3.67. The summed E-state index contributed by atoms with van der Waals surface area (Å²) in [5, 5.41) is 3.17. The Morgan fingerprint density at radius 2 is 1.62 bits per heavy atom. The van der Waals surface area contributed by atoms with Gasteiger partial charge in [-0.2, -0.15) is 0 Å². The molecular weight excluding hydrogens is 326 g/mol. The number of pyridine rings is 1. The molecule has 3 aromatic rings. The van der Waals surface area contributed by atoms with Gasteiger partial charge in [0, 0.05) is 18.3 Å². The third-order valence-corrected chi connectivity index (χ3v) is 3.72. The van der Waals surface area contributed by atoms with Gasteiger partial charge in [0.25, 0.3) is 0 Å². The second-order valence-electron chi connectivity index (χ2n) is 5.71. The van der Waals surface area contributed by atoms with E-state index in [0.29, 0.717) is 29.4 Å². The number of nitrogen functional groups attached to an aromatic ring is 2. The van der Waals surface area contributed by atoms with Gasteiger partial charge in [-0.05, 0) is 42.0 Å². The number of anilines is 2. The van der Waals surface area contributed by atoms with Crippen molar-refractivity contribution in [3.8, 4) is 11.5 Å². The Balaban J connectivity index is 1.57. The number of hydrogen-bond acceptors (Lipinski definition) is 6. The molecule has 3 rings (SSSR count). The zero-order valence-electron chi connectivity index (χ0n) is 14.2. The van der Waals surface area contributed by atoms with E-state index in [1.165, 1.54) is 0 Å². The summed E-state index contributed by atoms with van der Waals surface area (Å²) in [6.07, 6.45) is 1.71. The highest BCUT2D eigenvalue weighted by molar-refractivity contribution is 5.71. The average molecular weight is 347 g/mol. The van der Waals surface area contributed by atoms with E-state index in [9.17, 15) is 0 Å². The van der Waals surface area contributed by atoms with E-state index in [-0.39, 0.29) is 0 Å². The highest BCUT2D eigenvalue weighted by Gasteiger charge is 2.04. The van der Waals surface area contributed by atoms with E-state index in [1.807, 2.05) is 54.6 Å². The van der Waals surface area contributed by atoms with E-state index in [4.69, 9.17) is 21.9 Å². The van der Waals surface area contributed by atoms with Crippen LogP contribution in [0.1, 0.15) is 11.1 Å². The van der Waals surface area contributed by atoms with Crippen LogP contribution in [-0.2, 0) is 6.54 Å². The highest BCUT2D eigenvalue weighted by atomic mass is 16.5. The lowest BCUT2D eigenvalue weighted by Gasteiger charge is -2.08. The highest BCUT2D eigenvalue weighted by Crippen LogP contribution is 2.21. The Bertz CT molecular complexity index is 892. The van der Waals surface area contributed by atoms with Crippen molar-refractivity contribution in [3.63, 3.8) is 0 Å². The number of benzene rings is 2. The Morgan fingerprint density at radius 3 is 2.31 bits per heavy atom. The molecular formula is C20H21N5O. The zero-order chi connectivity index (χ0) is 18.4. The van der Waals surface area contributed by atoms with Gasteiger partial charge in [-0.3, -0.25) is 0 Å². The van der Waals surface area contributed by atoms with Crippen LogP contribution in [-0.4, -0.2) is 4.98 Å². The van der Waals surface area contributed by atoms with Crippen molar-refractivity contribution in [2.45, 2.75) is 6.54 Å². The molecule has 6 heteroatoms. The molecule has 0 amide bonds. The Morgan fingerprint density at radius 1 is 0.923 bits per heavy atom. The van der Waals surface area contributed by atoms with E-state index in [2.05, 4.69) is 10.3 Å². The van der Waals surface area contributed by atoms with Crippen LogP contribution in [0.25, 0.3) is 5.70 Å². The summed E-state index contributed by atoms with van der Waals surface area (Å²) in [5.41, 5.74) is 19.7. The van der Waals surface area contributed by atoms with Crippen LogP contribution in [0.5, 0.6) is 11.5 Å². The summed E-state index contributed by atoms with van der Waals surface area (Å²) < 4.78 is 5.77. The van der Waals surface area contributed by atoms with Crippen molar-refractivity contribution >= 4 is 17.3 Å². The molecule has 0 unspecified atom stereocenters. The molecule has 132 valence electrons. The first kappa shape index (κ1) is 17.2. The van der Waals surface area contributed by atoms with Crippen molar-refractivity contribution in [1.29, 1.82) is 0 Å². The fourth-order valence-corrected chi connectivity index (χ4v) is 2.39. The number of hydrogen-bond donors (Lipinski definition) is 4. The quantitative estimate of drug-likeness (QED) is 0.545. The third kappa shape index (κ3) is 4.45. The van der Waals surface area contributed by atoms with Crippen LogP contribution in [0.4, 0.5) is 11.6 Å². The number of para-hydroxylation sites is 1. The van der Waals surface area contributed by atoms with Crippen molar-refractivity contribution in [2.75, 3.05) is 11.5 Å². The topological polar surface area (TPSA) is 112 Å². The Labute approximate surface area is 152 Å². The third-order valence-electron chi connectivity index (χ3n) is 3.72. The van der Waals surface area contributed by atoms with Crippen molar-refractivity contribution in [2.24, 2.45) is 5.73 Å². The summed E-state index contributed by atoms with van der Waals surface area (Å²) in [5.74, 6) is 2.27. The summed E-state index contributed by atoms with van der Waals surface area (Å²) in [4.78, 5) is 4.00. The molecule has 0 radical (unpaired) electrons. The van der Waals surface area contributed by atoms with Gasteiger partial charge < -0.3 is 27.3 Å². The smallest absolute Gasteiger partial charge is 0.135 e. The first-order chi connectivity index (χ1) is 12.6. The SMILES string of the molecule is N/C(=C\NCc1ccc(Oc2ccccc2)cc1)c1ccc(N)nc1N. The molecule has 0 saturated carbocycles. The standard InChI is InChI=1S/C20H21N5O/c21-18(17-10-11-19(22)25-20(17)23)13-24-12-14-6-8-16(9-7-14)26-15-4-2-1-3-5-15/h1-11,13,24H,12,21H2,(H4,22,23,25)/b18-13-. The molecule has 0 aliphatic heterocycles. The average Bonchev–Trinajstić information content (AvgIpc) is 2.64. The van der Waals surface area contributed by atoms with Gasteiger partial charge in [0.15, 0.2) is 0 Å². The fraction of sp³-hybridized carbons (Fsp3) is 0.0500. The molecule has 0 atom stereocenters. The minimum absolute atomic E-state index is 0.308. The van der Waals surface area contributed by atoms with Gasteiger partial charge >= 0.3 is 0 Å². The predicted molar refractivity (Wildman–Crippen MR) is 105 cm³/mol. The molecule has 0 saturated heterocycles. The number of nitrogens with two attached hydrogens (primary N) is 3. The lowest BCUT2D eigenvalue weighted by atomic mass is 10.2. The molecule has 0 aliphatic rings. The van der Waals surface area contributed by atoms with Crippen LogP contribution in [0.2, 0.25) is 0 Å². The maximum atomic E-state index is 6.04. The molecule has 0 aliphatic carbocycles. The number of ether oxygens (including phenoxy) is 1. The van der Waals surface area contributed by atoms with Gasteiger partial charge in [0.2, 0.25) is 0 Å². The van der Waals surface area contributed by atoms with E-state index in [1.54, 1.807) is 18.3 Å². The summed E-state index contributed by atoms with van der Waals surface area (Å²) in [6.45, 7) is 0.620. The molecule has 1 aromatic heterocycles. The van der Waals surface area contributed by atoms with Crippen molar-refractivity contribution in [1.82, 2.24) is 10.3 Å². The number of aromatic nitrogens is 1. The molecule has 2 aromatic carbocycles. The largest absolute Gasteiger partial charge is 0.457 e. The molecule has 7 N–H and O–H groups in total. The van der Waals surface area contributed by atoms with Crippen LogP contribution < -0.4 is 27.3 Å². The van der Waals surface area contributed by atoms with Crippen molar-refractivity contribution < 1.29 is 4.74 Å². The molecule has 1 heterocycles. The Kier molecular flexibility index (Phi) is 5.24. The minimum Gasteiger partial charge on any atom is -0.457 e. The fourth-order valence-electron chi connectivity index (χ4n) is 2.39. The predicted octanol–water partition coefficient (Wildman–Crippen LogP) is 3.09. The lowest BCUT2D eigenvalue weighted by Crippen LogP contribution is -2.11. The summed E-state index contributed by atoms with van der Waals surface area (Å²) in [7, 11) is 0. The first-order valence-corrected chi connectivity index (χ1v) is 8.15. The van der Waals surface area contributed by atoms with Crippen LogP contribution in [0, 0.1) is 0 Å². The van der Waals surface area contributed by atoms with Crippen LogP contribution in [0.3, 0.4) is 0 Å². The summed E-state index contributed by atoms with van der Waals surface area (Å²) in [6, 6.07) is 20.9. The molecule has 26 heavy (non-hydrogen) atoms. The number of rotatable bonds is 6. The second-order valence-corrected chi connectivity index (χ2v) is 5.71. The minimum atomic E-state index is 0.308. The second kappa shape index (κ2) is 7.94. The van der Waals surface area contributed by atoms with Gasteiger partial charge in [-0.1, -0.05) is 30.3 Å². The van der Waals surface area contributed by atoms with Gasteiger partial charge in [-0.25, -0.2) is 4.98 Å². The molecule has 0 bridgehead atoms. The maximum Gasteiger partial charge on any atom is 0.135 e. The van der Waals surface area contributed by atoms with E-state index in [0.717, 1.165) is 17.1 Å². The normalized spacial score (nSPS) is 11.2. The number of nitrogens with zero attached hydrogens (tertiary/aromatic N) is 1. The number of nitrogens with one attached hydrogen (secondary N) is 1. The first-order valence-electron chi connectivity index (χ1n) is 8.15. The summed E-state index contributed by atoms with van der Waals surface area (Å²) >= 11 is 0. The van der Waals surface area contributed by atoms with Gasteiger partial charge in [0.05, 0.1) is 5.70 Å². The molecule has 6 nitrogen and oxygen atoms in total. The monoisotopic (exact) mass is 347 g/mol. The van der Waals surface area contributed by atoms with E-state index < -0.39 is 0 Å². The lowest BCUT2D eigenvalue weighted by molar-refractivity contribution is 0.482. The maximum absolute atomic E-state index is 6.04. The zero-order valence-corrected chi connectivity index (χ0v) is 14.2. The molecule has 0 fully saturated rings. The van der Waals surface area contributed by atoms with Crippen LogP contribution >= 0.6 is 0 Å². The van der Waals surface area contributed by atoms with Crippen LogP contribution in [0.15, 0.2) is 72.9 Å². The molecule has 0 spiro atoms. The van der Waals surface area contributed by atoms with Crippen molar-refractivity contribution in [3.05, 3.63) is 84.1 Å². The van der Waals surface area contributed by atoms with Gasteiger partial charge in [-0.15, -0.1) is 0 Å². The van der Waals surface area contributed by atoms with Gasteiger partial charge in [0.1, 0.15) is 23.1 Å².